The first kappa shape index (κ1) is 19.9. The first-order valence-corrected chi connectivity index (χ1v) is 9.83. The summed E-state index contributed by atoms with van der Waals surface area (Å²) < 4.78 is 6.05. The number of ether oxygens (including phenoxy) is 1. The molecule has 27 heavy (non-hydrogen) atoms. The van der Waals surface area contributed by atoms with Crippen LogP contribution >= 0.6 is 0 Å². The molecule has 2 N–H and O–H groups in total. The molecule has 1 fully saturated rings. The minimum absolute atomic E-state index is 0.233. The first-order chi connectivity index (χ1) is 13.0. The van der Waals surface area contributed by atoms with Gasteiger partial charge >= 0.3 is 0 Å². The molecule has 2 unspecified atom stereocenters. The van der Waals surface area contributed by atoms with Gasteiger partial charge in [-0.3, -0.25) is 4.90 Å². The lowest BCUT2D eigenvalue weighted by molar-refractivity contribution is -0.151. The van der Waals surface area contributed by atoms with Crippen LogP contribution in [0.2, 0.25) is 0 Å². The van der Waals surface area contributed by atoms with Gasteiger partial charge in [0.1, 0.15) is 5.75 Å². The third kappa shape index (κ3) is 5.32. The van der Waals surface area contributed by atoms with E-state index in [1.54, 1.807) is 12.1 Å². The van der Waals surface area contributed by atoms with Crippen molar-refractivity contribution in [1.29, 1.82) is 0 Å². The van der Waals surface area contributed by atoms with Crippen molar-refractivity contribution in [3.63, 3.8) is 0 Å². The van der Waals surface area contributed by atoms with Crippen LogP contribution in [0.25, 0.3) is 0 Å². The smallest absolute Gasteiger partial charge is 0.118 e. The molecule has 4 heteroatoms. The number of nitrogens with zero attached hydrogens (tertiary/aromatic N) is 1. The summed E-state index contributed by atoms with van der Waals surface area (Å²) in [6, 6.07) is 17.7. The normalized spacial score (nSPS) is 20.5. The monoisotopic (exact) mass is 369 g/mol. The van der Waals surface area contributed by atoms with E-state index in [1.807, 2.05) is 18.2 Å². The maximum absolute atomic E-state index is 11.6. The minimum Gasteiger partial charge on any atom is -0.508 e. The molecule has 2 aromatic rings. The van der Waals surface area contributed by atoms with Crippen molar-refractivity contribution in [2.75, 3.05) is 19.7 Å². The number of para-hydroxylation sites is 1. The van der Waals surface area contributed by atoms with Gasteiger partial charge in [0, 0.05) is 26.1 Å². The van der Waals surface area contributed by atoms with E-state index in [0.717, 1.165) is 18.7 Å². The Kier molecular flexibility index (Phi) is 6.53. The molecule has 0 saturated carbocycles. The average Bonchev–Trinajstić information content (AvgIpc) is 2.64. The maximum Gasteiger partial charge on any atom is 0.118 e. The van der Waals surface area contributed by atoms with E-state index in [4.69, 9.17) is 4.74 Å². The van der Waals surface area contributed by atoms with Crippen molar-refractivity contribution < 1.29 is 14.9 Å². The number of aromatic hydroxyl groups is 1. The number of aliphatic hydroxyl groups is 1. The zero-order chi connectivity index (χ0) is 19.3. The summed E-state index contributed by atoms with van der Waals surface area (Å²) in [6.07, 6.45) is 0.740. The average molecular weight is 370 g/mol. The van der Waals surface area contributed by atoms with Crippen molar-refractivity contribution >= 4 is 0 Å². The summed E-state index contributed by atoms with van der Waals surface area (Å²) in [5, 5.41) is 21.8. The Labute approximate surface area is 162 Å². The van der Waals surface area contributed by atoms with Crippen LogP contribution < -0.4 is 0 Å². The molecule has 0 radical (unpaired) electrons. The molecule has 0 bridgehead atoms. The summed E-state index contributed by atoms with van der Waals surface area (Å²) >= 11 is 0. The second-order valence-electron chi connectivity index (χ2n) is 8.09. The summed E-state index contributed by atoms with van der Waals surface area (Å²) in [5.41, 5.74) is 1.03. The quantitative estimate of drug-likeness (QED) is 0.783. The minimum atomic E-state index is -1.01. The molecular formula is C23H31NO3. The van der Waals surface area contributed by atoms with Gasteiger partial charge in [-0.1, -0.05) is 62.4 Å². The Morgan fingerprint density at radius 1 is 1.11 bits per heavy atom. The zero-order valence-corrected chi connectivity index (χ0v) is 16.3. The fraction of sp³-hybridized carbons (Fsp3) is 0.478. The molecule has 0 amide bonds. The lowest BCUT2D eigenvalue weighted by atomic mass is 9.81. The number of morpholine rings is 1. The predicted molar refractivity (Wildman–Crippen MR) is 108 cm³/mol. The molecule has 1 aliphatic heterocycles. The molecule has 0 aliphatic carbocycles. The SMILES string of the molecule is CC(C)CC(O)(Cc1ccccc1O)C1CN(Cc2ccccc2)CCO1. The molecule has 4 nitrogen and oxygen atoms in total. The second kappa shape index (κ2) is 8.87. The number of phenolic OH excluding ortho intramolecular Hbond substituents is 1. The lowest BCUT2D eigenvalue weighted by Crippen LogP contribution is -2.56. The molecule has 2 atom stereocenters. The molecule has 3 rings (SSSR count). The molecule has 146 valence electrons. The number of rotatable bonds is 7. The Morgan fingerprint density at radius 3 is 2.52 bits per heavy atom. The zero-order valence-electron chi connectivity index (χ0n) is 16.3. The molecule has 0 spiro atoms. The number of hydrogen-bond donors (Lipinski definition) is 2. The van der Waals surface area contributed by atoms with Crippen molar-refractivity contribution in [3.05, 3.63) is 65.7 Å². The van der Waals surface area contributed by atoms with Gasteiger partial charge in [0.05, 0.1) is 18.3 Å². The van der Waals surface area contributed by atoms with Crippen molar-refractivity contribution in [3.8, 4) is 5.75 Å². The van der Waals surface area contributed by atoms with Gasteiger partial charge in [0.15, 0.2) is 0 Å². The van der Waals surface area contributed by atoms with Crippen molar-refractivity contribution in [1.82, 2.24) is 4.90 Å². The van der Waals surface area contributed by atoms with Crippen molar-refractivity contribution in [2.24, 2.45) is 5.92 Å². The molecular weight excluding hydrogens is 338 g/mol. The highest BCUT2D eigenvalue weighted by atomic mass is 16.5. The molecule has 1 heterocycles. The topological polar surface area (TPSA) is 52.9 Å². The standard InChI is InChI=1S/C23H31NO3/c1-18(2)14-23(26,15-20-10-6-7-11-21(20)25)22-17-24(12-13-27-22)16-19-8-4-3-5-9-19/h3-11,18,22,25-26H,12-17H2,1-2H3. The number of phenols is 1. The highest BCUT2D eigenvalue weighted by molar-refractivity contribution is 5.33. The third-order valence-electron chi connectivity index (χ3n) is 5.25. The van der Waals surface area contributed by atoms with Gasteiger partial charge in [-0.05, 0) is 29.5 Å². The van der Waals surface area contributed by atoms with Crippen LogP contribution in [-0.4, -0.2) is 46.5 Å². The Hall–Kier alpha value is -1.88. The highest BCUT2D eigenvalue weighted by Crippen LogP contribution is 2.32. The van der Waals surface area contributed by atoms with Crippen LogP contribution in [0.1, 0.15) is 31.4 Å². The molecule has 0 aromatic heterocycles. The fourth-order valence-electron chi connectivity index (χ4n) is 4.03. The van der Waals surface area contributed by atoms with E-state index in [9.17, 15) is 10.2 Å². The van der Waals surface area contributed by atoms with Crippen molar-refractivity contribution in [2.45, 2.75) is 44.9 Å². The fourth-order valence-corrected chi connectivity index (χ4v) is 4.03. The highest BCUT2D eigenvalue weighted by Gasteiger charge is 2.41. The van der Waals surface area contributed by atoms with Crippen LogP contribution in [0.4, 0.5) is 0 Å². The summed E-state index contributed by atoms with van der Waals surface area (Å²) in [6.45, 7) is 7.24. The Balaban J connectivity index is 1.76. The largest absolute Gasteiger partial charge is 0.508 e. The van der Waals surface area contributed by atoms with E-state index in [2.05, 4.69) is 43.0 Å². The van der Waals surface area contributed by atoms with E-state index >= 15 is 0 Å². The van der Waals surface area contributed by atoms with Crippen LogP contribution in [0.5, 0.6) is 5.75 Å². The predicted octanol–water partition coefficient (Wildman–Crippen LogP) is 3.61. The van der Waals surface area contributed by atoms with Crippen LogP contribution in [0, 0.1) is 5.92 Å². The maximum atomic E-state index is 11.6. The van der Waals surface area contributed by atoms with E-state index in [-0.39, 0.29) is 11.9 Å². The van der Waals surface area contributed by atoms with Crippen LogP contribution in [-0.2, 0) is 17.7 Å². The van der Waals surface area contributed by atoms with Gasteiger partial charge in [-0.25, -0.2) is 0 Å². The first-order valence-electron chi connectivity index (χ1n) is 9.83. The molecule has 1 saturated heterocycles. The lowest BCUT2D eigenvalue weighted by Gasteiger charge is -2.43. The third-order valence-corrected chi connectivity index (χ3v) is 5.25. The summed E-state index contributed by atoms with van der Waals surface area (Å²) in [5.74, 6) is 0.561. The van der Waals surface area contributed by atoms with Crippen LogP contribution in [0.3, 0.4) is 0 Å². The van der Waals surface area contributed by atoms with E-state index in [1.165, 1.54) is 5.56 Å². The van der Waals surface area contributed by atoms with E-state index in [0.29, 0.717) is 31.9 Å². The molecule has 1 aliphatic rings. The summed E-state index contributed by atoms with van der Waals surface area (Å²) in [4.78, 5) is 2.35. The van der Waals surface area contributed by atoms with Gasteiger partial charge < -0.3 is 14.9 Å². The van der Waals surface area contributed by atoms with Crippen LogP contribution in [0.15, 0.2) is 54.6 Å². The van der Waals surface area contributed by atoms with Gasteiger partial charge in [-0.15, -0.1) is 0 Å². The van der Waals surface area contributed by atoms with E-state index < -0.39 is 5.60 Å². The Bertz CT molecular complexity index is 719. The Morgan fingerprint density at radius 2 is 1.81 bits per heavy atom. The second-order valence-corrected chi connectivity index (χ2v) is 8.09. The van der Waals surface area contributed by atoms with Gasteiger partial charge in [-0.2, -0.15) is 0 Å². The number of hydrogen-bond acceptors (Lipinski definition) is 4. The van der Waals surface area contributed by atoms with Gasteiger partial charge in [0.2, 0.25) is 0 Å². The number of benzene rings is 2. The van der Waals surface area contributed by atoms with Gasteiger partial charge in [0.25, 0.3) is 0 Å². The summed E-state index contributed by atoms with van der Waals surface area (Å²) in [7, 11) is 0. The molecule has 2 aromatic carbocycles.